The average Bonchev–Trinajstić information content (AvgIpc) is 3.52. The van der Waals surface area contributed by atoms with Crippen LogP contribution in [-0.4, -0.2) is 40.3 Å². The highest BCUT2D eigenvalue weighted by molar-refractivity contribution is 7.89. The van der Waals surface area contributed by atoms with Gasteiger partial charge in [0.25, 0.3) is 0 Å². The standard InChI is InChI=1S/C21H28N4O2S/c1-22-20(24-17-21(12-13-21)19-10-6-3-7-11-19)23-14-15-28(26,27)25-16-18-8-4-2-5-9-18/h2-11,25H,12-17H2,1H3,(H2,22,23,24). The van der Waals surface area contributed by atoms with Gasteiger partial charge in [0.1, 0.15) is 0 Å². The van der Waals surface area contributed by atoms with Crippen LogP contribution in [0.1, 0.15) is 24.0 Å². The Hall–Kier alpha value is -2.38. The van der Waals surface area contributed by atoms with Gasteiger partial charge in [-0.2, -0.15) is 0 Å². The second-order valence-electron chi connectivity index (χ2n) is 7.12. The zero-order valence-electron chi connectivity index (χ0n) is 16.2. The molecule has 0 heterocycles. The van der Waals surface area contributed by atoms with Gasteiger partial charge in [-0.1, -0.05) is 60.7 Å². The molecule has 3 rings (SSSR count). The van der Waals surface area contributed by atoms with E-state index in [-0.39, 0.29) is 11.2 Å². The molecule has 150 valence electrons. The Morgan fingerprint density at radius 3 is 2.25 bits per heavy atom. The highest BCUT2D eigenvalue weighted by Gasteiger charge is 2.43. The lowest BCUT2D eigenvalue weighted by atomic mass is 9.96. The molecular formula is C21H28N4O2S. The minimum Gasteiger partial charge on any atom is -0.356 e. The molecule has 7 heteroatoms. The van der Waals surface area contributed by atoms with Gasteiger partial charge in [-0.15, -0.1) is 0 Å². The highest BCUT2D eigenvalue weighted by Crippen LogP contribution is 2.47. The monoisotopic (exact) mass is 400 g/mol. The van der Waals surface area contributed by atoms with Gasteiger partial charge in [-0.25, -0.2) is 13.1 Å². The van der Waals surface area contributed by atoms with Crippen molar-refractivity contribution in [2.45, 2.75) is 24.8 Å². The summed E-state index contributed by atoms with van der Waals surface area (Å²) < 4.78 is 27.0. The Morgan fingerprint density at radius 2 is 1.64 bits per heavy atom. The lowest BCUT2D eigenvalue weighted by Crippen LogP contribution is -2.43. The summed E-state index contributed by atoms with van der Waals surface area (Å²) in [4.78, 5) is 4.20. The molecule has 1 aliphatic rings. The highest BCUT2D eigenvalue weighted by atomic mass is 32.2. The van der Waals surface area contributed by atoms with Crippen molar-refractivity contribution in [2.75, 3.05) is 25.9 Å². The summed E-state index contributed by atoms with van der Waals surface area (Å²) in [6, 6.07) is 20.0. The van der Waals surface area contributed by atoms with Gasteiger partial charge >= 0.3 is 0 Å². The Bertz CT molecular complexity index is 879. The molecule has 2 aromatic rings. The maximum absolute atomic E-state index is 12.2. The van der Waals surface area contributed by atoms with Crippen LogP contribution in [0.4, 0.5) is 0 Å². The van der Waals surface area contributed by atoms with Crippen molar-refractivity contribution in [1.82, 2.24) is 15.4 Å². The average molecular weight is 401 g/mol. The van der Waals surface area contributed by atoms with Crippen LogP contribution in [0, 0.1) is 0 Å². The molecule has 0 amide bonds. The Morgan fingerprint density at radius 1 is 1.00 bits per heavy atom. The first-order valence-corrected chi connectivity index (χ1v) is 11.2. The van der Waals surface area contributed by atoms with Crippen molar-refractivity contribution < 1.29 is 8.42 Å². The smallest absolute Gasteiger partial charge is 0.213 e. The number of rotatable bonds is 9. The van der Waals surface area contributed by atoms with E-state index in [1.807, 2.05) is 36.4 Å². The van der Waals surface area contributed by atoms with Gasteiger partial charge in [0.2, 0.25) is 10.0 Å². The second-order valence-corrected chi connectivity index (χ2v) is 9.05. The summed E-state index contributed by atoms with van der Waals surface area (Å²) in [7, 11) is -1.66. The predicted molar refractivity (Wildman–Crippen MR) is 114 cm³/mol. The normalized spacial score (nSPS) is 15.8. The lowest BCUT2D eigenvalue weighted by Gasteiger charge is -2.19. The molecule has 0 radical (unpaired) electrons. The largest absolute Gasteiger partial charge is 0.356 e. The third-order valence-electron chi connectivity index (χ3n) is 5.06. The van der Waals surface area contributed by atoms with Gasteiger partial charge in [-0.3, -0.25) is 4.99 Å². The van der Waals surface area contributed by atoms with E-state index in [1.165, 1.54) is 5.56 Å². The number of benzene rings is 2. The van der Waals surface area contributed by atoms with Crippen molar-refractivity contribution in [3.8, 4) is 0 Å². The van der Waals surface area contributed by atoms with Crippen LogP contribution in [0.25, 0.3) is 0 Å². The summed E-state index contributed by atoms with van der Waals surface area (Å²) in [6.07, 6.45) is 2.30. The number of nitrogens with one attached hydrogen (secondary N) is 3. The number of guanidine groups is 1. The number of hydrogen-bond acceptors (Lipinski definition) is 3. The maximum atomic E-state index is 12.2. The molecule has 1 fully saturated rings. The van der Waals surface area contributed by atoms with Crippen LogP contribution < -0.4 is 15.4 Å². The molecule has 0 bridgehead atoms. The summed E-state index contributed by atoms with van der Waals surface area (Å²) >= 11 is 0. The number of hydrogen-bond donors (Lipinski definition) is 3. The van der Waals surface area contributed by atoms with Crippen LogP contribution in [0.3, 0.4) is 0 Å². The molecule has 0 aliphatic heterocycles. The first-order chi connectivity index (χ1) is 13.5. The van der Waals surface area contributed by atoms with Gasteiger partial charge in [0, 0.05) is 32.1 Å². The number of nitrogens with zero attached hydrogens (tertiary/aromatic N) is 1. The molecule has 3 N–H and O–H groups in total. The van der Waals surface area contributed by atoms with E-state index in [1.54, 1.807) is 7.05 Å². The van der Waals surface area contributed by atoms with Gasteiger partial charge in [0.05, 0.1) is 5.75 Å². The van der Waals surface area contributed by atoms with Crippen molar-refractivity contribution in [1.29, 1.82) is 0 Å². The van der Waals surface area contributed by atoms with Gasteiger partial charge in [0.15, 0.2) is 5.96 Å². The molecule has 0 saturated heterocycles. The molecule has 2 aromatic carbocycles. The molecule has 6 nitrogen and oxygen atoms in total. The fourth-order valence-corrected chi connectivity index (χ4v) is 4.05. The van der Waals surface area contributed by atoms with E-state index in [0.29, 0.717) is 19.0 Å². The maximum Gasteiger partial charge on any atom is 0.213 e. The molecule has 1 saturated carbocycles. The van der Waals surface area contributed by atoms with E-state index in [4.69, 9.17) is 0 Å². The van der Waals surface area contributed by atoms with Crippen LogP contribution in [0.2, 0.25) is 0 Å². The Kier molecular flexibility index (Phi) is 6.70. The zero-order chi connectivity index (χ0) is 19.9. The molecule has 0 atom stereocenters. The molecule has 28 heavy (non-hydrogen) atoms. The van der Waals surface area contributed by atoms with Crippen molar-refractivity contribution in [3.63, 3.8) is 0 Å². The summed E-state index contributed by atoms with van der Waals surface area (Å²) in [5.41, 5.74) is 2.44. The van der Waals surface area contributed by atoms with E-state index >= 15 is 0 Å². The van der Waals surface area contributed by atoms with E-state index in [2.05, 4.69) is 44.6 Å². The topological polar surface area (TPSA) is 82.6 Å². The molecular weight excluding hydrogens is 372 g/mol. The SMILES string of the molecule is CN=C(NCCS(=O)(=O)NCc1ccccc1)NCC1(c2ccccc2)CC1. The minimum atomic E-state index is -3.35. The van der Waals surface area contributed by atoms with E-state index in [0.717, 1.165) is 24.9 Å². The third kappa shape index (κ3) is 5.81. The van der Waals surface area contributed by atoms with Crippen LogP contribution >= 0.6 is 0 Å². The fraction of sp³-hybridized carbons (Fsp3) is 0.381. The molecule has 0 unspecified atom stereocenters. The molecule has 0 spiro atoms. The molecule has 1 aliphatic carbocycles. The van der Waals surface area contributed by atoms with Gasteiger partial charge < -0.3 is 10.6 Å². The van der Waals surface area contributed by atoms with E-state index < -0.39 is 10.0 Å². The molecule has 0 aromatic heterocycles. The number of sulfonamides is 1. The summed E-state index contributed by atoms with van der Waals surface area (Å²) in [5, 5.41) is 6.43. The van der Waals surface area contributed by atoms with Crippen molar-refractivity contribution in [3.05, 3.63) is 71.8 Å². The summed E-state index contributed by atoms with van der Waals surface area (Å²) in [5.74, 6) is 0.616. The first-order valence-electron chi connectivity index (χ1n) is 9.54. The Labute approximate surface area is 167 Å². The fourth-order valence-electron chi connectivity index (χ4n) is 3.15. The zero-order valence-corrected chi connectivity index (χ0v) is 17.0. The van der Waals surface area contributed by atoms with Crippen LogP contribution in [-0.2, 0) is 22.0 Å². The third-order valence-corrected chi connectivity index (χ3v) is 6.39. The second kappa shape index (κ2) is 9.21. The number of aliphatic imine (C=N–C) groups is 1. The Balaban J connectivity index is 1.42. The minimum absolute atomic E-state index is 0.00956. The van der Waals surface area contributed by atoms with Crippen LogP contribution in [0.5, 0.6) is 0 Å². The van der Waals surface area contributed by atoms with Crippen LogP contribution in [0.15, 0.2) is 65.7 Å². The van der Waals surface area contributed by atoms with Gasteiger partial charge in [-0.05, 0) is 24.0 Å². The quantitative estimate of drug-likeness (QED) is 0.444. The lowest BCUT2D eigenvalue weighted by molar-refractivity contribution is 0.579. The summed E-state index contributed by atoms with van der Waals surface area (Å²) in [6.45, 7) is 1.38. The predicted octanol–water partition coefficient (Wildman–Crippen LogP) is 2.00. The van der Waals surface area contributed by atoms with Crippen molar-refractivity contribution in [2.24, 2.45) is 4.99 Å². The van der Waals surface area contributed by atoms with Crippen molar-refractivity contribution >= 4 is 16.0 Å². The first kappa shape index (κ1) is 20.4. The van der Waals surface area contributed by atoms with E-state index in [9.17, 15) is 8.42 Å².